The largest absolute Gasteiger partial charge is 0.382 e. The number of ether oxygens (including phenoxy) is 4. The zero-order valence-electron chi connectivity index (χ0n) is 25.0. The second-order valence-electron chi connectivity index (χ2n) is 10.1. The maximum absolute atomic E-state index is 13.1. The van der Waals surface area contributed by atoms with E-state index < -0.39 is 39.8 Å². The van der Waals surface area contributed by atoms with E-state index in [0.717, 1.165) is 10.5 Å². The van der Waals surface area contributed by atoms with Crippen LogP contribution in [0.15, 0.2) is 47.4 Å². The summed E-state index contributed by atoms with van der Waals surface area (Å²) in [5, 5.41) is 5.29. The van der Waals surface area contributed by atoms with Gasteiger partial charge in [0.05, 0.1) is 75.5 Å². The predicted octanol–water partition coefficient (Wildman–Crippen LogP) is 1.28. The molecule has 2 aromatic carbocycles. The van der Waals surface area contributed by atoms with Crippen LogP contribution in [-0.2, 0) is 42.8 Å². The summed E-state index contributed by atoms with van der Waals surface area (Å²) in [6.45, 7) is 4.56. The Morgan fingerprint density at radius 1 is 0.800 bits per heavy atom. The molecule has 0 radical (unpaired) electrons. The van der Waals surface area contributed by atoms with Crippen LogP contribution in [0.3, 0.4) is 0 Å². The summed E-state index contributed by atoms with van der Waals surface area (Å²) in [5.41, 5.74) is 1.81. The molecule has 0 aromatic heterocycles. The summed E-state index contributed by atoms with van der Waals surface area (Å²) in [7, 11) is -3.81. The van der Waals surface area contributed by atoms with Crippen LogP contribution in [0.1, 0.15) is 39.1 Å². The molecule has 0 saturated carbocycles. The van der Waals surface area contributed by atoms with Crippen molar-refractivity contribution in [3.05, 3.63) is 59.2 Å². The minimum Gasteiger partial charge on any atom is -0.382 e. The number of carbonyl (C=O) groups excluding carboxylic acids is 4. The molecule has 0 aliphatic carbocycles. The van der Waals surface area contributed by atoms with Gasteiger partial charge in [0.1, 0.15) is 6.04 Å². The number of hydrogen-bond donors (Lipinski definition) is 2. The second kappa shape index (κ2) is 16.5. The lowest BCUT2D eigenvalue weighted by Crippen LogP contribution is -2.54. The molecule has 2 aliphatic rings. The SMILES string of the molecule is Cc1ccc(S(=O)(=O)OCCOCCOCCOCCOCCNc2cccc3c2C(=O)N(C2CCC(=O)NC2=O)C3=O)cc1. The summed E-state index contributed by atoms with van der Waals surface area (Å²) >= 11 is 0. The van der Waals surface area contributed by atoms with Crippen molar-refractivity contribution in [3.8, 4) is 0 Å². The van der Waals surface area contributed by atoms with Crippen LogP contribution in [0.25, 0.3) is 0 Å². The molecule has 4 amide bonds. The Kier molecular flexibility index (Phi) is 12.6. The van der Waals surface area contributed by atoms with E-state index in [4.69, 9.17) is 23.1 Å². The molecule has 15 heteroatoms. The zero-order chi connectivity index (χ0) is 32.2. The summed E-state index contributed by atoms with van der Waals surface area (Å²) < 4.78 is 50.9. The Labute approximate surface area is 261 Å². The van der Waals surface area contributed by atoms with Gasteiger partial charge in [-0.15, -0.1) is 0 Å². The average molecular weight is 648 g/mol. The summed E-state index contributed by atoms with van der Waals surface area (Å²) in [5.74, 6) is -2.21. The van der Waals surface area contributed by atoms with Gasteiger partial charge in [0, 0.05) is 18.7 Å². The Morgan fingerprint density at radius 3 is 2.02 bits per heavy atom. The Morgan fingerprint density at radius 2 is 1.40 bits per heavy atom. The van der Waals surface area contributed by atoms with E-state index in [1.807, 2.05) is 6.92 Å². The minimum absolute atomic E-state index is 0.0570. The number of fused-ring (bicyclic) bond motifs is 1. The first kappa shape index (κ1) is 34.1. The topological polar surface area (TPSA) is 176 Å². The molecule has 4 rings (SSSR count). The monoisotopic (exact) mass is 647 g/mol. The number of benzene rings is 2. The average Bonchev–Trinajstić information content (AvgIpc) is 3.27. The first-order valence-electron chi connectivity index (χ1n) is 14.5. The normalized spacial score (nSPS) is 16.6. The molecule has 1 fully saturated rings. The molecule has 45 heavy (non-hydrogen) atoms. The molecule has 1 atom stereocenters. The number of amides is 4. The van der Waals surface area contributed by atoms with Crippen LogP contribution in [0.5, 0.6) is 0 Å². The molecular formula is C30H37N3O11S. The van der Waals surface area contributed by atoms with E-state index >= 15 is 0 Å². The van der Waals surface area contributed by atoms with Crippen LogP contribution in [0.4, 0.5) is 5.69 Å². The number of carbonyl (C=O) groups is 4. The maximum atomic E-state index is 13.1. The molecule has 2 heterocycles. The molecule has 2 N–H and O–H groups in total. The van der Waals surface area contributed by atoms with Gasteiger partial charge in [-0.2, -0.15) is 8.42 Å². The Bertz CT molecular complexity index is 1460. The third-order valence-electron chi connectivity index (χ3n) is 6.92. The van der Waals surface area contributed by atoms with Crippen LogP contribution in [0, 0.1) is 6.92 Å². The fourth-order valence-corrected chi connectivity index (χ4v) is 5.55. The van der Waals surface area contributed by atoms with E-state index in [2.05, 4.69) is 10.6 Å². The highest BCUT2D eigenvalue weighted by Crippen LogP contribution is 2.32. The quantitative estimate of drug-likeness (QED) is 0.127. The van der Waals surface area contributed by atoms with E-state index in [1.54, 1.807) is 24.3 Å². The van der Waals surface area contributed by atoms with Crippen molar-refractivity contribution in [1.82, 2.24) is 10.2 Å². The predicted molar refractivity (Wildman–Crippen MR) is 159 cm³/mol. The highest BCUT2D eigenvalue weighted by atomic mass is 32.2. The fraction of sp³-hybridized carbons (Fsp3) is 0.467. The minimum atomic E-state index is -3.81. The fourth-order valence-electron chi connectivity index (χ4n) is 4.66. The Hall–Kier alpha value is -3.73. The molecule has 2 aromatic rings. The van der Waals surface area contributed by atoms with E-state index in [-0.39, 0.29) is 48.7 Å². The first-order valence-corrected chi connectivity index (χ1v) is 16.0. The molecular weight excluding hydrogens is 610 g/mol. The van der Waals surface area contributed by atoms with Gasteiger partial charge in [-0.1, -0.05) is 23.8 Å². The Balaban J connectivity index is 1.01. The first-order chi connectivity index (χ1) is 21.7. The van der Waals surface area contributed by atoms with Crippen molar-refractivity contribution in [2.24, 2.45) is 0 Å². The number of rotatable bonds is 19. The highest BCUT2D eigenvalue weighted by molar-refractivity contribution is 7.86. The van der Waals surface area contributed by atoms with E-state index in [0.29, 0.717) is 51.9 Å². The smallest absolute Gasteiger partial charge is 0.297 e. The number of hydrogen-bond acceptors (Lipinski definition) is 12. The zero-order valence-corrected chi connectivity index (χ0v) is 25.8. The van der Waals surface area contributed by atoms with Gasteiger partial charge in [-0.05, 0) is 37.6 Å². The summed E-state index contributed by atoms with van der Waals surface area (Å²) in [6.07, 6.45) is 0.151. The third kappa shape index (κ3) is 9.39. The van der Waals surface area contributed by atoms with Gasteiger partial charge in [0.2, 0.25) is 11.8 Å². The molecule has 244 valence electrons. The third-order valence-corrected chi connectivity index (χ3v) is 8.25. The molecule has 0 bridgehead atoms. The standard InChI is InChI=1S/C30H37N3O11S/c1-21-5-7-22(8-6-21)45(38,39)44-20-19-43-18-17-42-16-15-41-14-13-40-12-11-31-24-4-2-3-23-27(24)30(37)33(29(23)36)25-9-10-26(34)32-28(25)35/h2-8,25,31H,9-20H2,1H3,(H,32,34,35). The number of nitrogens with zero attached hydrogens (tertiary/aromatic N) is 1. The lowest BCUT2D eigenvalue weighted by molar-refractivity contribution is -0.136. The number of aryl methyl sites for hydroxylation is 1. The van der Waals surface area contributed by atoms with E-state index in [1.165, 1.54) is 18.2 Å². The van der Waals surface area contributed by atoms with Crippen molar-refractivity contribution in [1.29, 1.82) is 0 Å². The van der Waals surface area contributed by atoms with Crippen molar-refractivity contribution >= 4 is 39.4 Å². The van der Waals surface area contributed by atoms with Crippen LogP contribution < -0.4 is 10.6 Å². The lowest BCUT2D eigenvalue weighted by atomic mass is 10.0. The van der Waals surface area contributed by atoms with Gasteiger partial charge in [0.15, 0.2) is 0 Å². The molecule has 14 nitrogen and oxygen atoms in total. The van der Waals surface area contributed by atoms with Crippen LogP contribution in [-0.4, -0.2) is 109 Å². The van der Waals surface area contributed by atoms with Gasteiger partial charge in [-0.3, -0.25) is 33.6 Å². The van der Waals surface area contributed by atoms with E-state index in [9.17, 15) is 27.6 Å². The van der Waals surface area contributed by atoms with Crippen LogP contribution >= 0.6 is 0 Å². The molecule has 1 unspecified atom stereocenters. The van der Waals surface area contributed by atoms with Gasteiger partial charge in [0.25, 0.3) is 21.9 Å². The number of piperidine rings is 1. The van der Waals surface area contributed by atoms with Crippen molar-refractivity contribution in [3.63, 3.8) is 0 Å². The second-order valence-corrected chi connectivity index (χ2v) is 11.8. The van der Waals surface area contributed by atoms with Crippen molar-refractivity contribution < 1.29 is 50.7 Å². The maximum Gasteiger partial charge on any atom is 0.297 e. The van der Waals surface area contributed by atoms with Crippen molar-refractivity contribution in [2.45, 2.75) is 30.7 Å². The molecule has 1 saturated heterocycles. The van der Waals surface area contributed by atoms with Gasteiger partial charge < -0.3 is 24.3 Å². The number of nitrogens with one attached hydrogen (secondary N) is 2. The molecule has 2 aliphatic heterocycles. The molecule has 0 spiro atoms. The number of imide groups is 2. The summed E-state index contributed by atoms with van der Waals surface area (Å²) in [6, 6.07) is 10.2. The summed E-state index contributed by atoms with van der Waals surface area (Å²) in [4.78, 5) is 50.8. The number of anilines is 1. The van der Waals surface area contributed by atoms with Crippen molar-refractivity contribution in [2.75, 3.05) is 71.3 Å². The lowest BCUT2D eigenvalue weighted by Gasteiger charge is -2.27. The van der Waals surface area contributed by atoms with Gasteiger partial charge in [-0.25, -0.2) is 0 Å². The highest BCUT2D eigenvalue weighted by Gasteiger charge is 2.45. The van der Waals surface area contributed by atoms with Crippen LogP contribution in [0.2, 0.25) is 0 Å². The van der Waals surface area contributed by atoms with Gasteiger partial charge >= 0.3 is 0 Å².